The van der Waals surface area contributed by atoms with E-state index in [-0.39, 0.29) is 17.1 Å². The first-order valence-electron chi connectivity index (χ1n) is 5.46. The number of nitrogens with zero attached hydrogens (tertiary/aromatic N) is 3. The van der Waals surface area contributed by atoms with Crippen LogP contribution in [0.25, 0.3) is 0 Å². The monoisotopic (exact) mass is 267 g/mol. The summed E-state index contributed by atoms with van der Waals surface area (Å²) >= 11 is 1.12. The molecule has 0 aromatic carbocycles. The van der Waals surface area contributed by atoms with Crippen molar-refractivity contribution >= 4 is 23.2 Å². The van der Waals surface area contributed by atoms with E-state index in [0.29, 0.717) is 11.8 Å². The number of anilines is 2. The average molecular weight is 267 g/mol. The van der Waals surface area contributed by atoms with Crippen LogP contribution in [0.1, 0.15) is 29.2 Å². The highest BCUT2D eigenvalue weighted by Crippen LogP contribution is 2.28. The number of hydrogen-bond acceptors (Lipinski definition) is 6. The summed E-state index contributed by atoms with van der Waals surface area (Å²) in [5.41, 5.74) is 6.46. The molecule has 0 saturated carbocycles. The van der Waals surface area contributed by atoms with Crippen LogP contribution < -0.4 is 11.1 Å². The first-order chi connectivity index (χ1) is 8.45. The summed E-state index contributed by atoms with van der Waals surface area (Å²) in [6.07, 6.45) is 0. The van der Waals surface area contributed by atoms with Gasteiger partial charge in [0.1, 0.15) is 5.82 Å². The normalized spacial score (nSPS) is 12.4. The fourth-order valence-electron chi connectivity index (χ4n) is 1.71. The Morgan fingerprint density at radius 1 is 1.33 bits per heavy atom. The van der Waals surface area contributed by atoms with E-state index in [1.54, 1.807) is 6.92 Å². The number of thiophene rings is 1. The van der Waals surface area contributed by atoms with E-state index in [4.69, 9.17) is 5.73 Å². The fourth-order valence-corrected chi connectivity index (χ4v) is 2.61. The third-order valence-electron chi connectivity index (χ3n) is 2.43. The van der Waals surface area contributed by atoms with Crippen LogP contribution in [0.15, 0.2) is 6.07 Å². The third-order valence-corrected chi connectivity index (χ3v) is 3.64. The number of aryl methyl sites for hydroxylation is 2. The molecule has 2 rings (SSSR count). The van der Waals surface area contributed by atoms with Gasteiger partial charge in [0.2, 0.25) is 11.9 Å². The number of hydrogen-bond donors (Lipinski definition) is 2. The zero-order valence-electron chi connectivity index (χ0n) is 10.4. The second-order valence-corrected chi connectivity index (χ2v) is 5.06. The standard InChI is InChI=1S/C11H14FN5S/c1-5-4-8(12)18-9(5)6(2)14-11-16-7(3)15-10(13)17-11/h4,6H,1-3H3,(H3,13,14,15,16,17). The molecule has 0 saturated heterocycles. The molecule has 3 N–H and O–H groups in total. The predicted molar refractivity (Wildman–Crippen MR) is 70.0 cm³/mol. The second-order valence-electron chi connectivity index (χ2n) is 4.03. The van der Waals surface area contributed by atoms with Gasteiger partial charge in [0.05, 0.1) is 6.04 Å². The van der Waals surface area contributed by atoms with Crippen LogP contribution in [0, 0.1) is 19.0 Å². The summed E-state index contributed by atoms with van der Waals surface area (Å²) in [5, 5.41) is 2.90. The highest BCUT2D eigenvalue weighted by molar-refractivity contribution is 7.10. The molecule has 2 heterocycles. The van der Waals surface area contributed by atoms with Crippen LogP contribution in [0.2, 0.25) is 0 Å². The molecular formula is C11H14FN5S. The maximum Gasteiger partial charge on any atom is 0.228 e. The van der Waals surface area contributed by atoms with Gasteiger partial charge in [-0.05, 0) is 32.4 Å². The van der Waals surface area contributed by atoms with Crippen molar-refractivity contribution in [1.82, 2.24) is 15.0 Å². The molecular weight excluding hydrogens is 253 g/mol. The Kier molecular flexibility index (Phi) is 3.42. The maximum atomic E-state index is 13.1. The lowest BCUT2D eigenvalue weighted by Crippen LogP contribution is -2.11. The van der Waals surface area contributed by atoms with Crippen LogP contribution in [0.4, 0.5) is 16.3 Å². The van der Waals surface area contributed by atoms with E-state index in [1.165, 1.54) is 6.07 Å². The summed E-state index contributed by atoms with van der Waals surface area (Å²) in [6, 6.07) is 1.44. The SMILES string of the molecule is Cc1nc(N)nc(NC(C)c2sc(F)cc2C)n1. The van der Waals surface area contributed by atoms with Gasteiger partial charge in [-0.3, -0.25) is 0 Å². The summed E-state index contributed by atoms with van der Waals surface area (Å²) in [6.45, 7) is 5.54. The van der Waals surface area contributed by atoms with Gasteiger partial charge in [-0.2, -0.15) is 19.3 Å². The Morgan fingerprint density at radius 3 is 2.61 bits per heavy atom. The minimum atomic E-state index is -0.192. The summed E-state index contributed by atoms with van der Waals surface area (Å²) in [4.78, 5) is 12.9. The average Bonchev–Trinajstić information content (AvgIpc) is 2.56. The largest absolute Gasteiger partial charge is 0.368 e. The molecule has 0 spiro atoms. The molecule has 18 heavy (non-hydrogen) atoms. The highest BCUT2D eigenvalue weighted by atomic mass is 32.1. The minimum absolute atomic E-state index is 0.0827. The van der Waals surface area contributed by atoms with Crippen LogP contribution in [0.3, 0.4) is 0 Å². The van der Waals surface area contributed by atoms with Crippen molar-refractivity contribution in [2.75, 3.05) is 11.1 Å². The summed E-state index contributed by atoms with van der Waals surface area (Å²) in [5.74, 6) is 1.12. The van der Waals surface area contributed by atoms with Crippen molar-refractivity contribution in [3.8, 4) is 0 Å². The van der Waals surface area contributed by atoms with Gasteiger partial charge in [0.25, 0.3) is 0 Å². The predicted octanol–water partition coefficient (Wildman–Crippen LogP) is 2.44. The Labute approximate surface area is 108 Å². The minimum Gasteiger partial charge on any atom is -0.368 e. The quantitative estimate of drug-likeness (QED) is 0.893. The van der Waals surface area contributed by atoms with Gasteiger partial charge in [-0.25, -0.2) is 0 Å². The van der Waals surface area contributed by atoms with E-state index >= 15 is 0 Å². The van der Waals surface area contributed by atoms with Crippen molar-refractivity contribution in [3.05, 3.63) is 27.5 Å². The molecule has 0 radical (unpaired) electrons. The number of rotatable bonds is 3. The first-order valence-corrected chi connectivity index (χ1v) is 6.28. The maximum absolute atomic E-state index is 13.1. The molecule has 0 aliphatic carbocycles. The lowest BCUT2D eigenvalue weighted by atomic mass is 10.2. The number of nitrogen functional groups attached to an aromatic ring is 1. The number of aromatic nitrogens is 3. The zero-order valence-corrected chi connectivity index (χ0v) is 11.2. The van der Waals surface area contributed by atoms with Gasteiger partial charge in [0.15, 0.2) is 5.13 Å². The number of nitrogens with one attached hydrogen (secondary N) is 1. The fraction of sp³-hybridized carbons (Fsp3) is 0.364. The van der Waals surface area contributed by atoms with Gasteiger partial charge in [0, 0.05) is 4.88 Å². The van der Waals surface area contributed by atoms with Crippen LogP contribution >= 0.6 is 11.3 Å². The van der Waals surface area contributed by atoms with Gasteiger partial charge in [-0.1, -0.05) is 0 Å². The lowest BCUT2D eigenvalue weighted by Gasteiger charge is -2.13. The molecule has 2 aromatic heterocycles. The molecule has 0 aliphatic rings. The van der Waals surface area contributed by atoms with Crippen molar-refractivity contribution in [3.63, 3.8) is 0 Å². The molecule has 1 unspecified atom stereocenters. The lowest BCUT2D eigenvalue weighted by molar-refractivity contribution is 0.656. The Hall–Kier alpha value is -1.76. The van der Waals surface area contributed by atoms with E-state index in [9.17, 15) is 4.39 Å². The Bertz CT molecular complexity index is 548. The Balaban J connectivity index is 2.20. The van der Waals surface area contributed by atoms with Crippen molar-refractivity contribution in [2.45, 2.75) is 26.8 Å². The smallest absolute Gasteiger partial charge is 0.228 e. The topological polar surface area (TPSA) is 76.7 Å². The van der Waals surface area contributed by atoms with E-state index in [1.807, 2.05) is 13.8 Å². The summed E-state index contributed by atoms with van der Waals surface area (Å²) in [7, 11) is 0. The number of nitrogens with two attached hydrogens (primary N) is 1. The Morgan fingerprint density at radius 2 is 2.06 bits per heavy atom. The molecule has 7 heteroatoms. The second kappa shape index (κ2) is 4.85. The van der Waals surface area contributed by atoms with Gasteiger partial charge in [-0.15, -0.1) is 11.3 Å². The molecule has 5 nitrogen and oxygen atoms in total. The molecule has 0 fully saturated rings. The van der Waals surface area contributed by atoms with Crippen LogP contribution in [0.5, 0.6) is 0 Å². The molecule has 96 valence electrons. The zero-order chi connectivity index (χ0) is 13.3. The van der Waals surface area contributed by atoms with E-state index < -0.39 is 0 Å². The van der Waals surface area contributed by atoms with E-state index in [0.717, 1.165) is 21.8 Å². The van der Waals surface area contributed by atoms with Crippen molar-refractivity contribution in [2.24, 2.45) is 0 Å². The van der Waals surface area contributed by atoms with Crippen LogP contribution in [-0.4, -0.2) is 15.0 Å². The summed E-state index contributed by atoms with van der Waals surface area (Å²) < 4.78 is 13.1. The van der Waals surface area contributed by atoms with Crippen molar-refractivity contribution < 1.29 is 4.39 Å². The third kappa shape index (κ3) is 2.73. The highest BCUT2D eigenvalue weighted by Gasteiger charge is 2.14. The van der Waals surface area contributed by atoms with Crippen LogP contribution in [-0.2, 0) is 0 Å². The molecule has 0 bridgehead atoms. The molecule has 0 aliphatic heterocycles. The molecule has 2 aromatic rings. The molecule has 1 atom stereocenters. The molecule has 0 amide bonds. The first kappa shape index (κ1) is 12.7. The van der Waals surface area contributed by atoms with Gasteiger partial charge < -0.3 is 11.1 Å². The van der Waals surface area contributed by atoms with Gasteiger partial charge >= 0.3 is 0 Å². The van der Waals surface area contributed by atoms with E-state index in [2.05, 4.69) is 20.3 Å². The number of halogens is 1. The van der Waals surface area contributed by atoms with Crippen molar-refractivity contribution in [1.29, 1.82) is 0 Å².